The van der Waals surface area contributed by atoms with Gasteiger partial charge in [-0.25, -0.2) is 0 Å². The van der Waals surface area contributed by atoms with Gasteiger partial charge in [-0.15, -0.1) is 0 Å². The van der Waals surface area contributed by atoms with Gasteiger partial charge in [0.2, 0.25) is 0 Å². The van der Waals surface area contributed by atoms with E-state index in [0.29, 0.717) is 25.2 Å². The van der Waals surface area contributed by atoms with E-state index in [1.165, 1.54) is 5.56 Å². The Kier molecular flexibility index (Phi) is 5.84. The lowest BCUT2D eigenvalue weighted by atomic mass is 10.1. The maximum atomic E-state index is 8.39. The van der Waals surface area contributed by atoms with Crippen LogP contribution in [-0.2, 0) is 6.42 Å². The van der Waals surface area contributed by atoms with Crippen molar-refractivity contribution in [1.82, 2.24) is 0 Å². The van der Waals surface area contributed by atoms with E-state index in [4.69, 9.17) is 20.4 Å². The Balaban J connectivity index is 2.51. The van der Waals surface area contributed by atoms with Crippen molar-refractivity contribution in [3.05, 3.63) is 23.8 Å². The highest BCUT2D eigenvalue weighted by Gasteiger charge is 2.05. The molecule has 0 aliphatic heterocycles. The van der Waals surface area contributed by atoms with E-state index in [1.54, 1.807) is 7.11 Å². The fourth-order valence-corrected chi connectivity index (χ4v) is 1.54. The first-order valence-corrected chi connectivity index (χ1v) is 5.97. The second kappa shape index (κ2) is 7.42. The summed E-state index contributed by atoms with van der Waals surface area (Å²) in [5.74, 6) is 1.67. The van der Waals surface area contributed by atoms with E-state index in [2.05, 4.69) is 12.1 Å². The highest BCUT2D eigenvalue weighted by molar-refractivity contribution is 5.79. The smallest absolute Gasteiger partial charge is 0.161 e. The van der Waals surface area contributed by atoms with E-state index >= 15 is 0 Å². The molecule has 0 aromatic heterocycles. The Morgan fingerprint density at radius 3 is 2.78 bits per heavy atom. The summed E-state index contributed by atoms with van der Waals surface area (Å²) in [4.78, 5) is 0. The number of hydrogen-bond donors (Lipinski definition) is 2. The number of methoxy groups -OCH3 is 1. The number of rotatable bonds is 7. The molecule has 1 aromatic carbocycles. The molecular weight excluding hydrogens is 232 g/mol. The summed E-state index contributed by atoms with van der Waals surface area (Å²) in [7, 11) is 1.62. The molecule has 3 N–H and O–H groups in total. The summed E-state index contributed by atoms with van der Waals surface area (Å²) >= 11 is 0. The zero-order valence-electron chi connectivity index (χ0n) is 10.8. The lowest BCUT2D eigenvalue weighted by Crippen LogP contribution is -2.12. The SMILES string of the molecule is CCc1ccc(OCCC/C(N)=N/O)c(OC)c1. The molecule has 0 radical (unpaired) electrons. The van der Waals surface area contributed by atoms with E-state index < -0.39 is 0 Å². The molecule has 0 fully saturated rings. The van der Waals surface area contributed by atoms with Gasteiger partial charge in [-0.3, -0.25) is 0 Å². The Morgan fingerprint density at radius 2 is 2.17 bits per heavy atom. The van der Waals surface area contributed by atoms with Crippen molar-refractivity contribution in [1.29, 1.82) is 0 Å². The zero-order valence-corrected chi connectivity index (χ0v) is 10.8. The number of nitrogens with zero attached hydrogens (tertiary/aromatic N) is 1. The van der Waals surface area contributed by atoms with Gasteiger partial charge < -0.3 is 20.4 Å². The maximum Gasteiger partial charge on any atom is 0.161 e. The number of ether oxygens (including phenoxy) is 2. The van der Waals surface area contributed by atoms with Gasteiger partial charge in [-0.2, -0.15) is 0 Å². The van der Waals surface area contributed by atoms with Crippen LogP contribution in [0.1, 0.15) is 25.3 Å². The van der Waals surface area contributed by atoms with Crippen LogP contribution in [0.25, 0.3) is 0 Å². The van der Waals surface area contributed by atoms with Crippen molar-refractivity contribution in [2.75, 3.05) is 13.7 Å². The van der Waals surface area contributed by atoms with Crippen molar-refractivity contribution in [2.45, 2.75) is 26.2 Å². The molecule has 0 atom stereocenters. The van der Waals surface area contributed by atoms with Crippen molar-refractivity contribution in [3.8, 4) is 11.5 Å². The van der Waals surface area contributed by atoms with E-state index in [9.17, 15) is 0 Å². The van der Waals surface area contributed by atoms with E-state index in [0.717, 1.165) is 12.2 Å². The average molecular weight is 252 g/mol. The van der Waals surface area contributed by atoms with Crippen LogP contribution in [0.2, 0.25) is 0 Å². The summed E-state index contributed by atoms with van der Waals surface area (Å²) in [6.45, 7) is 2.59. The topological polar surface area (TPSA) is 77.1 Å². The third-order valence-electron chi connectivity index (χ3n) is 2.60. The molecule has 0 unspecified atom stereocenters. The van der Waals surface area contributed by atoms with Crippen LogP contribution in [0.5, 0.6) is 11.5 Å². The number of nitrogens with two attached hydrogens (primary N) is 1. The quantitative estimate of drug-likeness (QED) is 0.256. The maximum absolute atomic E-state index is 8.39. The van der Waals surface area contributed by atoms with Crippen LogP contribution in [0.4, 0.5) is 0 Å². The Morgan fingerprint density at radius 1 is 1.39 bits per heavy atom. The second-order valence-electron chi connectivity index (χ2n) is 3.88. The van der Waals surface area contributed by atoms with Crippen molar-refractivity contribution in [3.63, 3.8) is 0 Å². The highest BCUT2D eigenvalue weighted by Crippen LogP contribution is 2.28. The van der Waals surface area contributed by atoms with Crippen molar-refractivity contribution in [2.24, 2.45) is 10.9 Å². The van der Waals surface area contributed by atoms with Crippen molar-refractivity contribution >= 4 is 5.84 Å². The first-order valence-electron chi connectivity index (χ1n) is 5.97. The van der Waals surface area contributed by atoms with Crippen LogP contribution in [0.3, 0.4) is 0 Å². The number of oxime groups is 1. The van der Waals surface area contributed by atoms with Gasteiger partial charge in [-0.1, -0.05) is 18.1 Å². The molecule has 0 amide bonds. The first kappa shape index (κ1) is 14.2. The van der Waals surface area contributed by atoms with Gasteiger partial charge in [-0.05, 0) is 30.5 Å². The normalized spacial score (nSPS) is 11.3. The molecule has 5 heteroatoms. The van der Waals surface area contributed by atoms with Crippen LogP contribution < -0.4 is 15.2 Å². The van der Waals surface area contributed by atoms with Gasteiger partial charge in [0.25, 0.3) is 0 Å². The average Bonchev–Trinajstić information content (AvgIpc) is 2.43. The summed E-state index contributed by atoms with van der Waals surface area (Å²) < 4.78 is 10.9. The Hall–Kier alpha value is -1.91. The fraction of sp³-hybridized carbons (Fsp3) is 0.462. The predicted molar refractivity (Wildman–Crippen MR) is 70.5 cm³/mol. The minimum Gasteiger partial charge on any atom is -0.493 e. The second-order valence-corrected chi connectivity index (χ2v) is 3.88. The molecule has 0 aliphatic rings. The number of benzene rings is 1. The molecule has 0 saturated carbocycles. The molecular formula is C13H20N2O3. The molecule has 0 heterocycles. The van der Waals surface area contributed by atoms with Crippen LogP contribution in [0, 0.1) is 0 Å². The Labute approximate surface area is 107 Å². The molecule has 5 nitrogen and oxygen atoms in total. The van der Waals surface area contributed by atoms with E-state index in [1.807, 2.05) is 18.2 Å². The molecule has 1 rings (SSSR count). The molecule has 0 spiro atoms. The summed E-state index contributed by atoms with van der Waals surface area (Å²) in [6.07, 6.45) is 2.15. The molecule has 0 aliphatic carbocycles. The van der Waals surface area contributed by atoms with Gasteiger partial charge in [0, 0.05) is 6.42 Å². The van der Waals surface area contributed by atoms with Crippen molar-refractivity contribution < 1.29 is 14.7 Å². The molecule has 18 heavy (non-hydrogen) atoms. The van der Waals surface area contributed by atoms with Crippen LogP contribution in [-0.4, -0.2) is 24.8 Å². The minimum absolute atomic E-state index is 0.215. The van der Waals surface area contributed by atoms with Gasteiger partial charge >= 0.3 is 0 Å². The monoisotopic (exact) mass is 252 g/mol. The highest BCUT2D eigenvalue weighted by atomic mass is 16.5. The van der Waals surface area contributed by atoms with Gasteiger partial charge in [0.15, 0.2) is 11.5 Å². The van der Waals surface area contributed by atoms with Crippen LogP contribution in [0.15, 0.2) is 23.4 Å². The van der Waals surface area contributed by atoms with E-state index in [-0.39, 0.29) is 5.84 Å². The minimum atomic E-state index is 0.215. The van der Waals surface area contributed by atoms with Gasteiger partial charge in [0.05, 0.1) is 13.7 Å². The van der Waals surface area contributed by atoms with Gasteiger partial charge in [0.1, 0.15) is 5.84 Å². The number of hydrogen-bond acceptors (Lipinski definition) is 4. The largest absolute Gasteiger partial charge is 0.493 e. The fourth-order valence-electron chi connectivity index (χ4n) is 1.54. The third kappa shape index (κ3) is 4.16. The zero-order chi connectivity index (χ0) is 13.4. The van der Waals surface area contributed by atoms with Crippen LogP contribution >= 0.6 is 0 Å². The lowest BCUT2D eigenvalue weighted by molar-refractivity contribution is 0.288. The summed E-state index contributed by atoms with van der Waals surface area (Å²) in [5.41, 5.74) is 6.57. The number of aryl methyl sites for hydroxylation is 1. The lowest BCUT2D eigenvalue weighted by Gasteiger charge is -2.11. The summed E-state index contributed by atoms with van der Waals surface area (Å²) in [6, 6.07) is 5.89. The first-order chi connectivity index (χ1) is 8.71. The molecule has 0 bridgehead atoms. The molecule has 100 valence electrons. The molecule has 0 saturated heterocycles. The number of amidine groups is 1. The molecule has 1 aromatic rings. The standard InChI is InChI=1S/C13H20N2O3/c1-3-10-6-7-11(12(9-10)17-2)18-8-4-5-13(14)15-16/h6-7,9,16H,3-5,8H2,1-2H3,(H2,14,15). The summed E-state index contributed by atoms with van der Waals surface area (Å²) in [5, 5.41) is 11.3. The predicted octanol–water partition coefficient (Wildman–Crippen LogP) is 2.16. The Bertz CT molecular complexity index is 405. The third-order valence-corrected chi connectivity index (χ3v) is 2.60.